The van der Waals surface area contributed by atoms with Crippen molar-refractivity contribution >= 4 is 11.9 Å². The van der Waals surface area contributed by atoms with Crippen LogP contribution in [-0.2, 0) is 0 Å². The molecular weight excluding hydrogens is 124 g/mol. The fourth-order valence-corrected chi connectivity index (χ4v) is 0.840. The number of aromatic nitrogens is 1. The Morgan fingerprint density at radius 3 is 2.80 bits per heavy atom. The zero-order valence-electron chi connectivity index (χ0n) is 5.96. The number of pyridine rings is 1. The summed E-state index contributed by atoms with van der Waals surface area (Å²) >= 11 is 0. The Bertz CT molecular complexity index is 233. The lowest BCUT2D eigenvalue weighted by atomic mass is 10.2. The fourth-order valence-electron chi connectivity index (χ4n) is 0.840. The van der Waals surface area contributed by atoms with Gasteiger partial charge >= 0.3 is 0 Å². The Kier molecular flexibility index (Phi) is 1.71. The van der Waals surface area contributed by atoms with E-state index in [9.17, 15) is 0 Å². The molecule has 1 heterocycles. The average Bonchev–Trinajstić information content (AvgIpc) is 1.85. The van der Waals surface area contributed by atoms with Crippen LogP contribution in [0.2, 0.25) is 0 Å². The maximum atomic E-state index is 5.48. The molecule has 10 heavy (non-hydrogen) atoms. The molecule has 2 N–H and O–H groups in total. The minimum Gasteiger partial charge on any atom is -0.384 e. The first-order valence-corrected chi connectivity index (χ1v) is 3.09. The molecule has 0 unspecified atom stereocenters. The molecule has 0 aromatic carbocycles. The van der Waals surface area contributed by atoms with E-state index in [-0.39, 0.29) is 0 Å². The number of aryl methyl sites for hydroxylation is 1. The quantitative estimate of drug-likeness (QED) is 0.633. The van der Waals surface area contributed by atoms with Gasteiger partial charge in [-0.2, -0.15) is 0 Å². The lowest BCUT2D eigenvalue weighted by Crippen LogP contribution is -1.92. The van der Waals surface area contributed by atoms with Crippen molar-refractivity contribution < 1.29 is 0 Å². The van der Waals surface area contributed by atoms with Gasteiger partial charge in [-0.3, -0.25) is 0 Å². The van der Waals surface area contributed by atoms with Crippen molar-refractivity contribution in [2.45, 2.75) is 6.92 Å². The Morgan fingerprint density at radius 2 is 2.30 bits per heavy atom. The number of anilines is 1. The van der Waals surface area contributed by atoms with Gasteiger partial charge in [0.15, 0.2) is 0 Å². The second kappa shape index (κ2) is 2.52. The lowest BCUT2D eigenvalue weighted by Gasteiger charge is -1.97. The predicted octanol–water partition coefficient (Wildman–Crippen LogP) is 1.62. The van der Waals surface area contributed by atoms with Crippen molar-refractivity contribution in [3.8, 4) is 0 Å². The van der Waals surface area contributed by atoms with Crippen LogP contribution in [0.1, 0.15) is 11.3 Å². The second-order valence-electron chi connectivity index (χ2n) is 2.17. The molecule has 0 atom stereocenters. The largest absolute Gasteiger partial charge is 0.384 e. The molecule has 0 bridgehead atoms. The van der Waals surface area contributed by atoms with Gasteiger partial charge < -0.3 is 5.73 Å². The highest BCUT2D eigenvalue weighted by atomic mass is 14.8. The van der Waals surface area contributed by atoms with Gasteiger partial charge in [-0.25, -0.2) is 4.98 Å². The summed E-state index contributed by atoms with van der Waals surface area (Å²) in [6.45, 7) is 5.54. The molecule has 2 heteroatoms. The van der Waals surface area contributed by atoms with Crippen LogP contribution in [0.3, 0.4) is 0 Å². The summed E-state index contributed by atoms with van der Waals surface area (Å²) in [4.78, 5) is 4.01. The van der Waals surface area contributed by atoms with Crippen LogP contribution < -0.4 is 5.73 Å². The molecule has 0 amide bonds. The topological polar surface area (TPSA) is 38.9 Å². The van der Waals surface area contributed by atoms with Gasteiger partial charge in [-0.15, -0.1) is 0 Å². The highest BCUT2D eigenvalue weighted by Gasteiger charge is 1.91. The molecule has 0 saturated heterocycles. The molecule has 1 aromatic rings. The molecule has 0 radical (unpaired) electrons. The summed E-state index contributed by atoms with van der Waals surface area (Å²) in [6, 6.07) is 3.73. The van der Waals surface area contributed by atoms with Crippen LogP contribution >= 0.6 is 0 Å². The summed E-state index contributed by atoms with van der Waals surface area (Å²) in [5, 5.41) is 0. The first-order valence-electron chi connectivity index (χ1n) is 3.09. The van der Waals surface area contributed by atoms with Gasteiger partial charge in [0.05, 0.1) is 0 Å². The molecule has 0 spiro atoms. The van der Waals surface area contributed by atoms with E-state index >= 15 is 0 Å². The third kappa shape index (κ3) is 1.35. The molecule has 1 rings (SSSR count). The first kappa shape index (κ1) is 6.81. The Morgan fingerprint density at radius 1 is 1.60 bits per heavy atom. The fraction of sp³-hybridized carbons (Fsp3) is 0.125. The number of nitrogens with zero attached hydrogens (tertiary/aromatic N) is 1. The summed E-state index contributed by atoms with van der Waals surface area (Å²) in [5.41, 5.74) is 7.42. The van der Waals surface area contributed by atoms with Crippen molar-refractivity contribution in [2.24, 2.45) is 0 Å². The van der Waals surface area contributed by atoms with Crippen molar-refractivity contribution in [1.29, 1.82) is 0 Å². The Balaban J connectivity index is 3.18. The number of hydrogen-bond acceptors (Lipinski definition) is 2. The molecule has 0 saturated carbocycles. The van der Waals surface area contributed by atoms with Gasteiger partial charge in [0.25, 0.3) is 0 Å². The number of rotatable bonds is 1. The molecule has 1 aromatic heterocycles. The Hall–Kier alpha value is -1.31. The molecule has 0 aliphatic rings. The SMILES string of the molecule is C=Cc1cc(C)nc(N)c1. The van der Waals surface area contributed by atoms with E-state index in [2.05, 4.69) is 11.6 Å². The lowest BCUT2D eigenvalue weighted by molar-refractivity contribution is 1.21. The Labute approximate surface area is 60.4 Å². The second-order valence-corrected chi connectivity index (χ2v) is 2.17. The maximum absolute atomic E-state index is 5.48. The van der Waals surface area contributed by atoms with E-state index in [0.29, 0.717) is 5.82 Å². The van der Waals surface area contributed by atoms with E-state index in [1.54, 1.807) is 12.1 Å². The summed E-state index contributed by atoms with van der Waals surface area (Å²) < 4.78 is 0. The van der Waals surface area contributed by atoms with Crippen molar-refractivity contribution in [3.63, 3.8) is 0 Å². The smallest absolute Gasteiger partial charge is 0.124 e. The van der Waals surface area contributed by atoms with E-state index in [0.717, 1.165) is 11.3 Å². The molecule has 0 aliphatic heterocycles. The van der Waals surface area contributed by atoms with E-state index in [1.165, 1.54) is 0 Å². The van der Waals surface area contributed by atoms with Gasteiger partial charge in [-0.1, -0.05) is 12.7 Å². The zero-order valence-corrected chi connectivity index (χ0v) is 5.96. The van der Waals surface area contributed by atoms with E-state index in [4.69, 9.17) is 5.73 Å². The van der Waals surface area contributed by atoms with Crippen LogP contribution in [0.15, 0.2) is 18.7 Å². The van der Waals surface area contributed by atoms with Crippen LogP contribution in [0, 0.1) is 6.92 Å². The summed E-state index contributed by atoms with van der Waals surface area (Å²) in [6.07, 6.45) is 1.76. The number of hydrogen-bond donors (Lipinski definition) is 1. The minimum atomic E-state index is 0.551. The number of nitrogen functional groups attached to an aromatic ring is 1. The third-order valence-electron chi connectivity index (χ3n) is 1.23. The third-order valence-corrected chi connectivity index (χ3v) is 1.23. The highest BCUT2D eigenvalue weighted by molar-refractivity contribution is 5.51. The van der Waals surface area contributed by atoms with E-state index < -0.39 is 0 Å². The van der Waals surface area contributed by atoms with Crippen molar-refractivity contribution in [2.75, 3.05) is 5.73 Å². The predicted molar refractivity (Wildman–Crippen MR) is 43.5 cm³/mol. The van der Waals surface area contributed by atoms with Gasteiger partial charge in [-0.05, 0) is 24.6 Å². The van der Waals surface area contributed by atoms with Crippen molar-refractivity contribution in [3.05, 3.63) is 30.0 Å². The highest BCUT2D eigenvalue weighted by Crippen LogP contribution is 2.07. The summed E-state index contributed by atoms with van der Waals surface area (Å²) in [7, 11) is 0. The standard InChI is InChI=1S/C8H10N2/c1-3-7-4-6(2)10-8(9)5-7/h3-5H,1H2,2H3,(H2,9,10). The number of nitrogens with two attached hydrogens (primary N) is 1. The van der Waals surface area contributed by atoms with Crippen LogP contribution in [0.5, 0.6) is 0 Å². The molecule has 0 fully saturated rings. The first-order chi connectivity index (χ1) is 4.72. The van der Waals surface area contributed by atoms with Crippen LogP contribution in [-0.4, -0.2) is 4.98 Å². The molecule has 52 valence electrons. The zero-order chi connectivity index (χ0) is 7.56. The average molecular weight is 134 g/mol. The minimum absolute atomic E-state index is 0.551. The maximum Gasteiger partial charge on any atom is 0.124 e. The van der Waals surface area contributed by atoms with Gasteiger partial charge in [0.1, 0.15) is 5.82 Å². The normalized spacial score (nSPS) is 9.30. The van der Waals surface area contributed by atoms with Gasteiger partial charge in [0, 0.05) is 5.69 Å². The molecule has 0 aliphatic carbocycles. The van der Waals surface area contributed by atoms with Crippen molar-refractivity contribution in [1.82, 2.24) is 4.98 Å². The molecular formula is C8H10N2. The summed E-state index contributed by atoms with van der Waals surface area (Å²) in [5.74, 6) is 0.551. The van der Waals surface area contributed by atoms with Gasteiger partial charge in [0.2, 0.25) is 0 Å². The van der Waals surface area contributed by atoms with Crippen LogP contribution in [0.4, 0.5) is 5.82 Å². The molecule has 2 nitrogen and oxygen atoms in total. The monoisotopic (exact) mass is 134 g/mol. The van der Waals surface area contributed by atoms with E-state index in [1.807, 2.05) is 13.0 Å². The van der Waals surface area contributed by atoms with Crippen LogP contribution in [0.25, 0.3) is 6.08 Å².